The molecule has 3 rings (SSSR count). The Balaban J connectivity index is 2.33. The topological polar surface area (TPSA) is 55.0 Å². The molecule has 0 amide bonds. The molecule has 0 saturated carbocycles. The molecule has 0 aliphatic rings. The number of hydrogen-bond acceptors (Lipinski definition) is 3. The molecule has 2 heterocycles. The average Bonchev–Trinajstić information content (AvgIpc) is 2.49. The monoisotopic (exact) mass is 266 g/mol. The van der Waals surface area contributed by atoms with E-state index in [1.54, 1.807) is 19.4 Å². The molecule has 20 heavy (non-hydrogen) atoms. The van der Waals surface area contributed by atoms with Gasteiger partial charge in [-0.3, -0.25) is 9.78 Å². The summed E-state index contributed by atoms with van der Waals surface area (Å²) in [7, 11) is 1.63. The number of H-pyrrole nitrogens is 1. The fraction of sp³-hybridized carbons (Fsp3) is 0.125. The third-order valence-electron chi connectivity index (χ3n) is 3.41. The lowest BCUT2D eigenvalue weighted by molar-refractivity contribution is 0.412. The Bertz CT molecular complexity index is 823. The molecule has 0 radical (unpaired) electrons. The van der Waals surface area contributed by atoms with Gasteiger partial charge in [-0.25, -0.2) is 0 Å². The van der Waals surface area contributed by atoms with E-state index in [1.807, 2.05) is 37.3 Å². The SMILES string of the molecule is COc1ccc2c(=O)[nH]c(-c3ccccn3)cc2c1C. The van der Waals surface area contributed by atoms with Gasteiger partial charge in [-0.05, 0) is 48.2 Å². The van der Waals surface area contributed by atoms with Crippen molar-refractivity contribution in [2.45, 2.75) is 6.92 Å². The highest BCUT2D eigenvalue weighted by Gasteiger charge is 2.09. The van der Waals surface area contributed by atoms with E-state index in [2.05, 4.69) is 9.97 Å². The van der Waals surface area contributed by atoms with Gasteiger partial charge in [-0.1, -0.05) is 6.07 Å². The zero-order valence-corrected chi connectivity index (χ0v) is 11.3. The molecule has 100 valence electrons. The molecule has 0 fully saturated rings. The maximum atomic E-state index is 12.2. The van der Waals surface area contributed by atoms with Crippen molar-refractivity contribution in [3.05, 3.63) is 58.5 Å². The number of aromatic nitrogens is 2. The summed E-state index contributed by atoms with van der Waals surface area (Å²) in [5, 5.41) is 1.54. The van der Waals surface area contributed by atoms with Gasteiger partial charge in [0.25, 0.3) is 5.56 Å². The Morgan fingerprint density at radius 2 is 2.00 bits per heavy atom. The number of aromatic amines is 1. The first-order valence-corrected chi connectivity index (χ1v) is 6.33. The highest BCUT2D eigenvalue weighted by molar-refractivity contribution is 5.89. The second-order valence-corrected chi connectivity index (χ2v) is 4.58. The number of hydrogen-bond donors (Lipinski definition) is 1. The number of methoxy groups -OCH3 is 1. The van der Waals surface area contributed by atoms with E-state index < -0.39 is 0 Å². The van der Waals surface area contributed by atoms with Crippen molar-refractivity contribution in [1.82, 2.24) is 9.97 Å². The molecule has 4 heteroatoms. The molecule has 0 bridgehead atoms. The van der Waals surface area contributed by atoms with E-state index in [9.17, 15) is 4.79 Å². The van der Waals surface area contributed by atoms with E-state index in [4.69, 9.17) is 4.74 Å². The highest BCUT2D eigenvalue weighted by Crippen LogP contribution is 2.27. The van der Waals surface area contributed by atoms with Crippen LogP contribution in [0.3, 0.4) is 0 Å². The minimum absolute atomic E-state index is 0.117. The summed E-state index contributed by atoms with van der Waals surface area (Å²) in [6.07, 6.45) is 1.70. The van der Waals surface area contributed by atoms with Crippen LogP contribution in [0.25, 0.3) is 22.2 Å². The smallest absolute Gasteiger partial charge is 0.256 e. The van der Waals surface area contributed by atoms with Crippen molar-refractivity contribution in [1.29, 1.82) is 0 Å². The summed E-state index contributed by atoms with van der Waals surface area (Å²) in [6, 6.07) is 11.1. The number of ether oxygens (including phenoxy) is 1. The van der Waals surface area contributed by atoms with Crippen molar-refractivity contribution < 1.29 is 4.74 Å². The fourth-order valence-electron chi connectivity index (χ4n) is 2.34. The molecule has 0 aliphatic heterocycles. The number of pyridine rings is 2. The van der Waals surface area contributed by atoms with E-state index >= 15 is 0 Å². The number of benzene rings is 1. The van der Waals surface area contributed by atoms with Crippen LogP contribution in [-0.4, -0.2) is 17.1 Å². The second-order valence-electron chi connectivity index (χ2n) is 4.58. The van der Waals surface area contributed by atoms with Crippen LogP contribution >= 0.6 is 0 Å². The number of nitrogens with zero attached hydrogens (tertiary/aromatic N) is 1. The predicted octanol–water partition coefficient (Wildman–Crippen LogP) is 2.91. The van der Waals surface area contributed by atoms with Gasteiger partial charge in [0.2, 0.25) is 0 Å². The molecule has 0 aliphatic carbocycles. The van der Waals surface area contributed by atoms with Gasteiger partial charge in [-0.2, -0.15) is 0 Å². The lowest BCUT2D eigenvalue weighted by Crippen LogP contribution is -2.08. The van der Waals surface area contributed by atoms with Crippen LogP contribution in [0.1, 0.15) is 5.56 Å². The summed E-state index contributed by atoms with van der Waals surface area (Å²) >= 11 is 0. The molecular formula is C16H14N2O2. The van der Waals surface area contributed by atoms with Crippen LogP contribution in [0, 0.1) is 6.92 Å². The van der Waals surface area contributed by atoms with Gasteiger partial charge in [0.15, 0.2) is 0 Å². The third-order valence-corrected chi connectivity index (χ3v) is 3.41. The molecule has 0 saturated heterocycles. The summed E-state index contributed by atoms with van der Waals surface area (Å²) in [6.45, 7) is 1.95. The molecule has 0 spiro atoms. The van der Waals surface area contributed by atoms with Crippen LogP contribution in [0.2, 0.25) is 0 Å². The summed E-state index contributed by atoms with van der Waals surface area (Å²) in [5.41, 5.74) is 2.29. The minimum atomic E-state index is -0.117. The zero-order chi connectivity index (χ0) is 14.1. The first-order valence-electron chi connectivity index (χ1n) is 6.33. The first kappa shape index (κ1) is 12.4. The minimum Gasteiger partial charge on any atom is -0.496 e. The van der Waals surface area contributed by atoms with Crippen LogP contribution in [0.4, 0.5) is 0 Å². The number of nitrogens with one attached hydrogen (secondary N) is 1. The van der Waals surface area contributed by atoms with E-state index in [0.29, 0.717) is 11.1 Å². The molecule has 1 N–H and O–H groups in total. The fourth-order valence-corrected chi connectivity index (χ4v) is 2.34. The largest absolute Gasteiger partial charge is 0.496 e. The Labute approximate surface area is 116 Å². The standard InChI is InChI=1S/C16H14N2O2/c1-10-12-9-14(13-5-3-4-8-17-13)18-16(19)11(12)6-7-15(10)20-2/h3-9H,1-2H3,(H,18,19). The predicted molar refractivity (Wildman–Crippen MR) is 79.1 cm³/mol. The van der Waals surface area contributed by atoms with Crippen LogP contribution in [0.5, 0.6) is 5.75 Å². The maximum Gasteiger partial charge on any atom is 0.256 e. The van der Waals surface area contributed by atoms with Crippen LogP contribution in [0.15, 0.2) is 47.4 Å². The molecular weight excluding hydrogens is 252 g/mol. The molecule has 4 nitrogen and oxygen atoms in total. The van der Waals surface area contributed by atoms with E-state index in [1.165, 1.54) is 0 Å². The highest BCUT2D eigenvalue weighted by atomic mass is 16.5. The van der Waals surface area contributed by atoms with Crippen molar-refractivity contribution in [2.75, 3.05) is 7.11 Å². The summed E-state index contributed by atoms with van der Waals surface area (Å²) in [4.78, 5) is 19.3. The van der Waals surface area contributed by atoms with Crippen molar-refractivity contribution in [3.8, 4) is 17.1 Å². The number of aryl methyl sites for hydroxylation is 1. The Morgan fingerprint density at radius 1 is 1.15 bits per heavy atom. The maximum absolute atomic E-state index is 12.2. The van der Waals surface area contributed by atoms with E-state index in [-0.39, 0.29) is 5.56 Å². The second kappa shape index (κ2) is 4.81. The molecule has 1 aromatic carbocycles. The Morgan fingerprint density at radius 3 is 2.70 bits per heavy atom. The van der Waals surface area contributed by atoms with Gasteiger partial charge < -0.3 is 9.72 Å². The summed E-state index contributed by atoms with van der Waals surface area (Å²) < 4.78 is 5.31. The van der Waals surface area contributed by atoms with E-state index in [0.717, 1.165) is 22.4 Å². The lowest BCUT2D eigenvalue weighted by Gasteiger charge is -2.09. The molecule has 0 unspecified atom stereocenters. The molecule has 3 aromatic rings. The Hall–Kier alpha value is -2.62. The quantitative estimate of drug-likeness (QED) is 0.776. The third kappa shape index (κ3) is 1.95. The van der Waals surface area contributed by atoms with Crippen LogP contribution in [-0.2, 0) is 0 Å². The van der Waals surface area contributed by atoms with Gasteiger partial charge >= 0.3 is 0 Å². The summed E-state index contributed by atoms with van der Waals surface area (Å²) in [5.74, 6) is 0.773. The van der Waals surface area contributed by atoms with Crippen molar-refractivity contribution in [3.63, 3.8) is 0 Å². The number of fused-ring (bicyclic) bond motifs is 1. The lowest BCUT2D eigenvalue weighted by atomic mass is 10.0. The first-order chi connectivity index (χ1) is 9.70. The average molecular weight is 266 g/mol. The van der Waals surface area contributed by atoms with Gasteiger partial charge in [0.05, 0.1) is 18.5 Å². The normalized spacial score (nSPS) is 10.7. The van der Waals surface area contributed by atoms with Gasteiger partial charge in [-0.15, -0.1) is 0 Å². The van der Waals surface area contributed by atoms with Crippen molar-refractivity contribution in [2.24, 2.45) is 0 Å². The zero-order valence-electron chi connectivity index (χ0n) is 11.3. The van der Waals surface area contributed by atoms with Gasteiger partial charge in [0.1, 0.15) is 5.75 Å². The van der Waals surface area contributed by atoms with Gasteiger partial charge in [0, 0.05) is 11.6 Å². The molecule has 2 aromatic heterocycles. The van der Waals surface area contributed by atoms with Crippen molar-refractivity contribution >= 4 is 10.8 Å². The molecule has 0 atom stereocenters. The Kier molecular flexibility index (Phi) is 2.99. The van der Waals surface area contributed by atoms with Crippen LogP contribution < -0.4 is 10.3 Å². The number of rotatable bonds is 2.